The molecular weight excluding hydrogens is 254 g/mol. The van der Waals surface area contributed by atoms with E-state index < -0.39 is 0 Å². The number of ether oxygens (including phenoxy) is 1. The molecule has 0 fully saturated rings. The van der Waals surface area contributed by atoms with Crippen LogP contribution in [0.3, 0.4) is 0 Å². The van der Waals surface area contributed by atoms with Crippen LogP contribution in [0.2, 0.25) is 0 Å². The predicted molar refractivity (Wildman–Crippen MR) is 77.4 cm³/mol. The van der Waals surface area contributed by atoms with Crippen molar-refractivity contribution in [1.82, 2.24) is 10.2 Å². The first-order chi connectivity index (χ1) is 9.69. The smallest absolute Gasteiger partial charge is 0.233 e. The van der Waals surface area contributed by atoms with Gasteiger partial charge in [0.2, 0.25) is 5.91 Å². The Morgan fingerprint density at radius 2 is 2.30 bits per heavy atom. The topological polar surface area (TPSA) is 65.4 Å². The number of benzene rings is 1. The molecule has 0 aliphatic rings. The number of hydrogen-bond acceptors (Lipinski definition) is 4. The minimum Gasteiger partial charge on any atom is -0.494 e. The molecule has 0 unspecified atom stereocenters. The van der Waals surface area contributed by atoms with Gasteiger partial charge in [-0.15, -0.1) is 0 Å². The largest absolute Gasteiger partial charge is 0.494 e. The summed E-state index contributed by atoms with van der Waals surface area (Å²) in [5.74, 6) is 0.730. The van der Waals surface area contributed by atoms with Gasteiger partial charge >= 0.3 is 0 Å². The van der Waals surface area contributed by atoms with Crippen LogP contribution in [0.25, 0.3) is 0 Å². The SMILES string of the molecule is CCN(CCCOc1cccc(C#N)c1)CC(=O)NC. The molecule has 1 aromatic carbocycles. The summed E-state index contributed by atoms with van der Waals surface area (Å²) >= 11 is 0. The second kappa shape index (κ2) is 8.94. The molecule has 1 amide bonds. The van der Waals surface area contributed by atoms with Crippen molar-refractivity contribution in [2.75, 3.05) is 33.3 Å². The Hall–Kier alpha value is -2.06. The van der Waals surface area contributed by atoms with Crippen molar-refractivity contribution in [2.45, 2.75) is 13.3 Å². The van der Waals surface area contributed by atoms with Crippen molar-refractivity contribution in [3.05, 3.63) is 29.8 Å². The van der Waals surface area contributed by atoms with E-state index in [1.54, 1.807) is 25.2 Å². The van der Waals surface area contributed by atoms with Crippen molar-refractivity contribution in [3.63, 3.8) is 0 Å². The molecule has 5 heteroatoms. The van der Waals surface area contributed by atoms with Crippen molar-refractivity contribution in [1.29, 1.82) is 5.26 Å². The lowest BCUT2D eigenvalue weighted by Gasteiger charge is -2.19. The molecule has 0 aliphatic carbocycles. The summed E-state index contributed by atoms with van der Waals surface area (Å²) in [5, 5.41) is 11.4. The van der Waals surface area contributed by atoms with Gasteiger partial charge in [-0.05, 0) is 31.2 Å². The molecule has 20 heavy (non-hydrogen) atoms. The standard InChI is InChI=1S/C15H21N3O2/c1-3-18(12-15(19)17-2)8-5-9-20-14-7-4-6-13(10-14)11-16/h4,6-7,10H,3,5,8-9,12H2,1-2H3,(H,17,19). The van der Waals surface area contributed by atoms with E-state index in [0.29, 0.717) is 24.5 Å². The first-order valence-corrected chi connectivity index (χ1v) is 6.75. The Morgan fingerprint density at radius 3 is 2.95 bits per heavy atom. The van der Waals surface area contributed by atoms with E-state index in [4.69, 9.17) is 10.00 Å². The second-order valence-corrected chi connectivity index (χ2v) is 4.38. The van der Waals surface area contributed by atoms with Gasteiger partial charge in [-0.2, -0.15) is 5.26 Å². The van der Waals surface area contributed by atoms with E-state index in [9.17, 15) is 4.79 Å². The van der Waals surface area contributed by atoms with Crippen LogP contribution in [0.4, 0.5) is 0 Å². The molecule has 1 aromatic rings. The van der Waals surface area contributed by atoms with Gasteiger partial charge < -0.3 is 10.1 Å². The van der Waals surface area contributed by atoms with E-state index in [0.717, 1.165) is 19.5 Å². The van der Waals surface area contributed by atoms with E-state index in [2.05, 4.69) is 16.3 Å². The van der Waals surface area contributed by atoms with Crippen molar-refractivity contribution in [2.24, 2.45) is 0 Å². The van der Waals surface area contributed by atoms with Crippen LogP contribution in [0.1, 0.15) is 18.9 Å². The second-order valence-electron chi connectivity index (χ2n) is 4.38. The minimum atomic E-state index is 0.0227. The molecule has 0 aromatic heterocycles. The maximum absolute atomic E-state index is 11.3. The Bertz CT molecular complexity index is 468. The van der Waals surface area contributed by atoms with Crippen LogP contribution in [0.15, 0.2) is 24.3 Å². The van der Waals surface area contributed by atoms with Crippen LogP contribution >= 0.6 is 0 Å². The molecule has 0 atom stereocenters. The summed E-state index contributed by atoms with van der Waals surface area (Å²) in [7, 11) is 1.64. The fourth-order valence-electron chi connectivity index (χ4n) is 1.76. The molecule has 0 bridgehead atoms. The number of likely N-dealkylation sites (N-methyl/N-ethyl adjacent to an activating group) is 2. The number of hydrogen-bond donors (Lipinski definition) is 1. The highest BCUT2D eigenvalue weighted by Crippen LogP contribution is 2.12. The number of nitrogens with zero attached hydrogens (tertiary/aromatic N) is 2. The molecular formula is C15H21N3O2. The zero-order chi connectivity index (χ0) is 14.8. The number of rotatable bonds is 8. The Labute approximate surface area is 120 Å². The Balaban J connectivity index is 2.29. The van der Waals surface area contributed by atoms with Crippen LogP contribution in [-0.2, 0) is 4.79 Å². The fraction of sp³-hybridized carbons (Fsp3) is 0.467. The van der Waals surface area contributed by atoms with Crippen LogP contribution in [0, 0.1) is 11.3 Å². The van der Waals surface area contributed by atoms with Gasteiger partial charge in [-0.3, -0.25) is 9.69 Å². The van der Waals surface area contributed by atoms with Crippen LogP contribution < -0.4 is 10.1 Å². The first-order valence-electron chi connectivity index (χ1n) is 6.75. The average Bonchev–Trinajstić information content (AvgIpc) is 2.50. The predicted octanol–water partition coefficient (Wildman–Crippen LogP) is 1.40. The Morgan fingerprint density at radius 1 is 1.50 bits per heavy atom. The number of nitrogens with one attached hydrogen (secondary N) is 1. The van der Waals surface area contributed by atoms with Gasteiger partial charge in [0.1, 0.15) is 5.75 Å². The third-order valence-electron chi connectivity index (χ3n) is 2.94. The highest BCUT2D eigenvalue weighted by molar-refractivity contribution is 5.77. The summed E-state index contributed by atoms with van der Waals surface area (Å²) in [5.41, 5.74) is 0.595. The van der Waals surface area contributed by atoms with E-state index in [1.807, 2.05) is 13.0 Å². The third-order valence-corrected chi connectivity index (χ3v) is 2.94. The van der Waals surface area contributed by atoms with Gasteiger partial charge in [0.25, 0.3) is 0 Å². The molecule has 0 spiro atoms. The van der Waals surface area contributed by atoms with E-state index in [-0.39, 0.29) is 5.91 Å². The fourth-order valence-corrected chi connectivity index (χ4v) is 1.76. The molecule has 0 saturated heterocycles. The van der Waals surface area contributed by atoms with Crippen molar-refractivity contribution in [3.8, 4) is 11.8 Å². The normalized spacial score (nSPS) is 10.1. The van der Waals surface area contributed by atoms with Gasteiger partial charge in [0, 0.05) is 13.6 Å². The lowest BCUT2D eigenvalue weighted by Crippen LogP contribution is -2.36. The maximum atomic E-state index is 11.3. The number of amides is 1. The molecule has 1 N–H and O–H groups in total. The monoisotopic (exact) mass is 275 g/mol. The first kappa shape index (κ1) is 16.0. The lowest BCUT2D eigenvalue weighted by molar-refractivity contribution is -0.121. The number of carbonyl (C=O) groups is 1. The summed E-state index contributed by atoms with van der Waals surface area (Å²) in [6.07, 6.45) is 0.835. The zero-order valence-corrected chi connectivity index (χ0v) is 12.1. The summed E-state index contributed by atoms with van der Waals surface area (Å²) in [6.45, 7) is 4.65. The van der Waals surface area contributed by atoms with Gasteiger partial charge in [0.05, 0.1) is 24.8 Å². The zero-order valence-electron chi connectivity index (χ0n) is 12.1. The molecule has 0 heterocycles. The van der Waals surface area contributed by atoms with Gasteiger partial charge in [0.15, 0.2) is 0 Å². The summed E-state index contributed by atoms with van der Waals surface area (Å²) in [4.78, 5) is 13.4. The summed E-state index contributed by atoms with van der Waals surface area (Å²) in [6, 6.07) is 9.19. The van der Waals surface area contributed by atoms with E-state index in [1.165, 1.54) is 0 Å². The molecule has 0 aliphatic heterocycles. The lowest BCUT2D eigenvalue weighted by atomic mass is 10.2. The molecule has 108 valence electrons. The summed E-state index contributed by atoms with van der Waals surface area (Å²) < 4.78 is 5.60. The molecule has 0 radical (unpaired) electrons. The minimum absolute atomic E-state index is 0.0227. The molecule has 1 rings (SSSR count). The van der Waals surface area contributed by atoms with Crippen LogP contribution in [0.5, 0.6) is 5.75 Å². The van der Waals surface area contributed by atoms with Crippen molar-refractivity contribution >= 4 is 5.91 Å². The van der Waals surface area contributed by atoms with Gasteiger partial charge in [-0.1, -0.05) is 13.0 Å². The number of nitriles is 1. The average molecular weight is 275 g/mol. The number of carbonyl (C=O) groups excluding carboxylic acids is 1. The Kier molecular flexibility index (Phi) is 7.15. The molecule has 5 nitrogen and oxygen atoms in total. The van der Waals surface area contributed by atoms with E-state index >= 15 is 0 Å². The molecule has 0 saturated carbocycles. The highest BCUT2D eigenvalue weighted by Gasteiger charge is 2.07. The quantitative estimate of drug-likeness (QED) is 0.728. The maximum Gasteiger partial charge on any atom is 0.233 e. The van der Waals surface area contributed by atoms with Gasteiger partial charge in [-0.25, -0.2) is 0 Å². The third kappa shape index (κ3) is 5.72. The van der Waals surface area contributed by atoms with Crippen LogP contribution in [-0.4, -0.2) is 44.1 Å². The highest BCUT2D eigenvalue weighted by atomic mass is 16.5. The van der Waals surface area contributed by atoms with Crippen molar-refractivity contribution < 1.29 is 9.53 Å².